The van der Waals surface area contributed by atoms with Gasteiger partial charge in [-0.3, -0.25) is 4.98 Å². The topological polar surface area (TPSA) is 38.9 Å². The van der Waals surface area contributed by atoms with Gasteiger partial charge in [0.25, 0.3) is 0 Å². The molecule has 1 rings (SSSR count). The van der Waals surface area contributed by atoms with E-state index in [2.05, 4.69) is 18.8 Å². The Morgan fingerprint density at radius 3 is 2.71 bits per heavy atom. The van der Waals surface area contributed by atoms with E-state index in [4.69, 9.17) is 17.3 Å². The number of aromatic nitrogens is 1. The number of rotatable bonds is 4. The van der Waals surface area contributed by atoms with Crippen molar-refractivity contribution in [3.05, 3.63) is 29.0 Å². The summed E-state index contributed by atoms with van der Waals surface area (Å²) >= 11 is 5.75. The summed E-state index contributed by atoms with van der Waals surface area (Å²) in [4.78, 5) is 4.21. The second-order valence-corrected chi connectivity index (χ2v) is 4.19. The maximum absolute atomic E-state index is 6.02. The molecule has 0 fully saturated rings. The van der Waals surface area contributed by atoms with Gasteiger partial charge in [0.05, 0.1) is 10.7 Å². The van der Waals surface area contributed by atoms with E-state index in [9.17, 15) is 0 Å². The quantitative estimate of drug-likeness (QED) is 0.833. The third kappa shape index (κ3) is 3.28. The van der Waals surface area contributed by atoms with Crippen LogP contribution in [0.4, 0.5) is 0 Å². The number of hydrogen-bond acceptors (Lipinski definition) is 2. The van der Waals surface area contributed by atoms with Gasteiger partial charge in [0, 0.05) is 12.2 Å². The summed E-state index contributed by atoms with van der Waals surface area (Å²) in [5, 5.41) is 0.657. The van der Waals surface area contributed by atoms with E-state index in [-0.39, 0.29) is 6.04 Å². The first kappa shape index (κ1) is 11.5. The zero-order valence-corrected chi connectivity index (χ0v) is 9.46. The van der Waals surface area contributed by atoms with Crippen LogP contribution in [-0.4, -0.2) is 4.98 Å². The van der Waals surface area contributed by atoms with Crippen molar-refractivity contribution in [3.63, 3.8) is 0 Å². The Morgan fingerprint density at radius 1 is 1.50 bits per heavy atom. The number of nitrogens with zero attached hydrogens (tertiary/aromatic N) is 1. The zero-order chi connectivity index (χ0) is 10.6. The van der Waals surface area contributed by atoms with Gasteiger partial charge in [0.15, 0.2) is 0 Å². The van der Waals surface area contributed by atoms with Crippen LogP contribution in [-0.2, 0) is 0 Å². The summed E-state index contributed by atoms with van der Waals surface area (Å²) in [5.74, 6) is 0.641. The molecule has 2 nitrogen and oxygen atoms in total. The maximum atomic E-state index is 6.02. The first-order valence-corrected chi connectivity index (χ1v) is 5.38. The van der Waals surface area contributed by atoms with Crippen molar-refractivity contribution in [1.29, 1.82) is 0 Å². The molecule has 0 aliphatic rings. The minimum absolute atomic E-state index is 0.0298. The lowest BCUT2D eigenvalue weighted by Crippen LogP contribution is -2.15. The van der Waals surface area contributed by atoms with Crippen LogP contribution >= 0.6 is 11.6 Å². The van der Waals surface area contributed by atoms with Gasteiger partial charge in [-0.05, 0) is 24.5 Å². The number of halogens is 1. The molecule has 0 spiro atoms. The SMILES string of the molecule is CCC(C)CC(N)c1ccc(Cl)cn1. The monoisotopic (exact) mass is 212 g/mol. The minimum Gasteiger partial charge on any atom is -0.323 e. The van der Waals surface area contributed by atoms with E-state index in [1.807, 2.05) is 12.1 Å². The van der Waals surface area contributed by atoms with Crippen molar-refractivity contribution in [2.45, 2.75) is 32.7 Å². The largest absolute Gasteiger partial charge is 0.323 e. The first-order chi connectivity index (χ1) is 6.63. The van der Waals surface area contributed by atoms with Crippen LogP contribution in [0.3, 0.4) is 0 Å². The van der Waals surface area contributed by atoms with Gasteiger partial charge in [-0.15, -0.1) is 0 Å². The third-order valence-corrected chi connectivity index (χ3v) is 2.71. The fourth-order valence-corrected chi connectivity index (χ4v) is 1.44. The summed E-state index contributed by atoms with van der Waals surface area (Å²) in [5.41, 5.74) is 6.94. The highest BCUT2D eigenvalue weighted by atomic mass is 35.5. The molecule has 0 aliphatic carbocycles. The van der Waals surface area contributed by atoms with Crippen molar-refractivity contribution >= 4 is 11.6 Å². The molecule has 0 aliphatic heterocycles. The molecule has 0 saturated carbocycles. The number of nitrogens with two attached hydrogens (primary N) is 1. The Kier molecular flexibility index (Phi) is 4.36. The molecule has 0 saturated heterocycles. The van der Waals surface area contributed by atoms with E-state index in [1.54, 1.807) is 6.20 Å². The van der Waals surface area contributed by atoms with E-state index in [0.717, 1.165) is 18.5 Å². The predicted octanol–water partition coefficient (Wildman–Crippen LogP) is 3.17. The van der Waals surface area contributed by atoms with Gasteiger partial charge >= 0.3 is 0 Å². The summed E-state index contributed by atoms with van der Waals surface area (Å²) in [6, 6.07) is 3.76. The van der Waals surface area contributed by atoms with Crippen molar-refractivity contribution < 1.29 is 0 Å². The Morgan fingerprint density at radius 2 is 2.21 bits per heavy atom. The lowest BCUT2D eigenvalue weighted by atomic mass is 9.98. The Labute approximate surface area is 90.5 Å². The van der Waals surface area contributed by atoms with E-state index >= 15 is 0 Å². The molecule has 1 heterocycles. The molecule has 1 aromatic rings. The second kappa shape index (κ2) is 5.32. The molecule has 2 unspecified atom stereocenters. The average molecular weight is 213 g/mol. The van der Waals surface area contributed by atoms with Gasteiger partial charge in [-0.1, -0.05) is 31.9 Å². The van der Waals surface area contributed by atoms with Gasteiger partial charge < -0.3 is 5.73 Å². The summed E-state index contributed by atoms with van der Waals surface area (Å²) in [6.07, 6.45) is 3.78. The van der Waals surface area contributed by atoms with Crippen molar-refractivity contribution in [2.24, 2.45) is 11.7 Å². The smallest absolute Gasteiger partial charge is 0.0589 e. The van der Waals surface area contributed by atoms with Crippen LogP contribution < -0.4 is 5.73 Å². The average Bonchev–Trinajstić information content (AvgIpc) is 2.18. The Balaban J connectivity index is 2.60. The van der Waals surface area contributed by atoms with Crippen LogP contribution in [0.15, 0.2) is 18.3 Å². The summed E-state index contributed by atoms with van der Waals surface area (Å²) in [6.45, 7) is 4.38. The molecule has 0 amide bonds. The van der Waals surface area contributed by atoms with Crippen molar-refractivity contribution in [1.82, 2.24) is 4.98 Å². The van der Waals surface area contributed by atoms with Gasteiger partial charge in [-0.2, -0.15) is 0 Å². The van der Waals surface area contributed by atoms with Crippen molar-refractivity contribution in [2.75, 3.05) is 0 Å². The molecule has 78 valence electrons. The molecule has 2 atom stereocenters. The zero-order valence-electron chi connectivity index (χ0n) is 8.70. The highest BCUT2D eigenvalue weighted by molar-refractivity contribution is 6.30. The summed E-state index contributed by atoms with van der Waals surface area (Å²) in [7, 11) is 0. The van der Waals surface area contributed by atoms with Gasteiger partial charge in [-0.25, -0.2) is 0 Å². The second-order valence-electron chi connectivity index (χ2n) is 3.76. The lowest BCUT2D eigenvalue weighted by molar-refractivity contribution is 0.456. The van der Waals surface area contributed by atoms with Crippen LogP contribution in [0.2, 0.25) is 5.02 Å². The maximum Gasteiger partial charge on any atom is 0.0589 e. The molecule has 0 radical (unpaired) electrons. The normalized spacial score (nSPS) is 15.1. The molecular formula is C11H17ClN2. The first-order valence-electron chi connectivity index (χ1n) is 5.00. The van der Waals surface area contributed by atoms with Crippen LogP contribution in [0, 0.1) is 5.92 Å². The van der Waals surface area contributed by atoms with E-state index in [0.29, 0.717) is 10.9 Å². The van der Waals surface area contributed by atoms with E-state index < -0.39 is 0 Å². The molecule has 1 aromatic heterocycles. The van der Waals surface area contributed by atoms with Crippen LogP contribution in [0.1, 0.15) is 38.4 Å². The Bertz CT molecular complexity index is 271. The summed E-state index contributed by atoms with van der Waals surface area (Å²) < 4.78 is 0. The van der Waals surface area contributed by atoms with Gasteiger partial charge in [0.2, 0.25) is 0 Å². The molecule has 2 N–H and O–H groups in total. The molecule has 0 aromatic carbocycles. The van der Waals surface area contributed by atoms with Crippen LogP contribution in [0.25, 0.3) is 0 Å². The lowest BCUT2D eigenvalue weighted by Gasteiger charge is -2.15. The van der Waals surface area contributed by atoms with Crippen LogP contribution in [0.5, 0.6) is 0 Å². The highest BCUT2D eigenvalue weighted by Crippen LogP contribution is 2.19. The molecule has 3 heteroatoms. The standard InChI is InChI=1S/C11H17ClN2/c1-3-8(2)6-10(13)11-5-4-9(12)7-14-11/h4-5,7-8,10H,3,6,13H2,1-2H3. The fourth-order valence-electron chi connectivity index (χ4n) is 1.33. The predicted molar refractivity (Wildman–Crippen MR) is 60.2 cm³/mol. The highest BCUT2D eigenvalue weighted by Gasteiger charge is 2.10. The van der Waals surface area contributed by atoms with E-state index in [1.165, 1.54) is 0 Å². The fraction of sp³-hybridized carbons (Fsp3) is 0.545. The third-order valence-electron chi connectivity index (χ3n) is 2.48. The minimum atomic E-state index is 0.0298. The molecule has 0 bridgehead atoms. The van der Waals surface area contributed by atoms with Gasteiger partial charge in [0.1, 0.15) is 0 Å². The Hall–Kier alpha value is -0.600. The molecular weight excluding hydrogens is 196 g/mol. The molecule has 14 heavy (non-hydrogen) atoms. The number of pyridine rings is 1. The van der Waals surface area contributed by atoms with Crippen molar-refractivity contribution in [3.8, 4) is 0 Å². The number of hydrogen-bond donors (Lipinski definition) is 1.